The van der Waals surface area contributed by atoms with Gasteiger partial charge in [0.25, 0.3) is 0 Å². The number of halogens is 3. The zero-order valence-corrected chi connectivity index (χ0v) is 17.7. The SMILES string of the molecule is O=C1CCN(C(=O)C2=CCCC2)CCN(c2nc3cc(C(F)(F)F)ccc3s2)CCN1. The van der Waals surface area contributed by atoms with Crippen LogP contribution in [0.4, 0.5) is 18.3 Å². The van der Waals surface area contributed by atoms with E-state index in [1.165, 1.54) is 17.4 Å². The Hall–Kier alpha value is -2.62. The summed E-state index contributed by atoms with van der Waals surface area (Å²) >= 11 is 1.31. The second-order valence-corrected chi connectivity index (χ2v) is 8.69. The highest BCUT2D eigenvalue weighted by molar-refractivity contribution is 7.22. The number of benzene rings is 1. The fourth-order valence-electron chi connectivity index (χ4n) is 3.81. The lowest BCUT2D eigenvalue weighted by Gasteiger charge is -2.29. The summed E-state index contributed by atoms with van der Waals surface area (Å²) in [5, 5.41) is 3.42. The highest BCUT2D eigenvalue weighted by Crippen LogP contribution is 2.35. The van der Waals surface area contributed by atoms with Gasteiger partial charge in [-0.15, -0.1) is 0 Å². The number of hydrogen-bond acceptors (Lipinski definition) is 5. The summed E-state index contributed by atoms with van der Waals surface area (Å²) in [6, 6.07) is 3.55. The van der Waals surface area contributed by atoms with Crippen LogP contribution < -0.4 is 10.2 Å². The molecule has 1 saturated heterocycles. The van der Waals surface area contributed by atoms with Crippen molar-refractivity contribution in [2.45, 2.75) is 31.9 Å². The third kappa shape index (κ3) is 5.00. The van der Waals surface area contributed by atoms with Crippen LogP contribution in [0.25, 0.3) is 10.2 Å². The number of anilines is 1. The number of nitrogens with zero attached hydrogens (tertiary/aromatic N) is 3. The maximum absolute atomic E-state index is 13.0. The van der Waals surface area contributed by atoms with Crippen LogP contribution in [-0.2, 0) is 15.8 Å². The van der Waals surface area contributed by atoms with E-state index in [-0.39, 0.29) is 18.2 Å². The maximum Gasteiger partial charge on any atom is 0.416 e. The molecular weight excluding hydrogens is 429 g/mol. The summed E-state index contributed by atoms with van der Waals surface area (Å²) in [6.07, 6.45) is 0.408. The number of amides is 2. The third-order valence-corrected chi connectivity index (χ3v) is 6.63. The molecule has 0 bridgehead atoms. The van der Waals surface area contributed by atoms with E-state index in [1.807, 2.05) is 11.0 Å². The molecule has 1 N–H and O–H groups in total. The second-order valence-electron chi connectivity index (χ2n) is 7.68. The first-order valence-electron chi connectivity index (χ1n) is 10.3. The standard InChI is InChI=1S/C21H23F3N4O2S/c22-21(23,24)15-5-6-17-16(13-15)26-20(31-17)28-10-8-25-18(29)7-9-27(11-12-28)19(30)14-3-1-2-4-14/h3,5-6,13H,1-2,4,7-12H2,(H,25,29). The summed E-state index contributed by atoms with van der Waals surface area (Å²) in [5.41, 5.74) is 0.357. The van der Waals surface area contributed by atoms with Crippen molar-refractivity contribution in [3.63, 3.8) is 0 Å². The van der Waals surface area contributed by atoms with Crippen molar-refractivity contribution in [2.75, 3.05) is 37.6 Å². The molecule has 2 aliphatic rings. The molecule has 1 aromatic carbocycles. The number of nitrogens with one attached hydrogen (secondary N) is 1. The van der Waals surface area contributed by atoms with Gasteiger partial charge in [-0.1, -0.05) is 17.4 Å². The Bertz CT molecular complexity index is 1020. The van der Waals surface area contributed by atoms with Gasteiger partial charge in [0.1, 0.15) is 0 Å². The molecule has 4 rings (SSSR count). The summed E-state index contributed by atoms with van der Waals surface area (Å²) in [6.45, 7) is 2.11. The van der Waals surface area contributed by atoms with Gasteiger partial charge in [0.05, 0.1) is 15.8 Å². The van der Waals surface area contributed by atoms with Crippen molar-refractivity contribution in [3.05, 3.63) is 35.4 Å². The Kier molecular flexibility index (Phi) is 6.17. The first-order valence-corrected chi connectivity index (χ1v) is 11.1. The minimum Gasteiger partial charge on any atom is -0.354 e. The molecule has 166 valence electrons. The van der Waals surface area contributed by atoms with E-state index in [1.54, 1.807) is 4.90 Å². The molecule has 1 fully saturated rings. The van der Waals surface area contributed by atoms with Gasteiger partial charge in [-0.3, -0.25) is 9.59 Å². The van der Waals surface area contributed by atoms with Crippen LogP contribution in [0.3, 0.4) is 0 Å². The number of rotatable bonds is 2. The van der Waals surface area contributed by atoms with Crippen molar-refractivity contribution >= 4 is 38.5 Å². The van der Waals surface area contributed by atoms with Gasteiger partial charge in [0.2, 0.25) is 11.8 Å². The molecule has 1 aromatic heterocycles. The molecule has 1 aliphatic heterocycles. The van der Waals surface area contributed by atoms with Crippen LogP contribution in [0.2, 0.25) is 0 Å². The van der Waals surface area contributed by atoms with Gasteiger partial charge in [-0.25, -0.2) is 4.98 Å². The average molecular weight is 453 g/mol. The Morgan fingerprint density at radius 1 is 1.13 bits per heavy atom. The van der Waals surface area contributed by atoms with E-state index in [2.05, 4.69) is 10.3 Å². The predicted octanol–water partition coefficient (Wildman–Crippen LogP) is 3.58. The van der Waals surface area contributed by atoms with E-state index in [4.69, 9.17) is 0 Å². The van der Waals surface area contributed by atoms with Gasteiger partial charge in [0, 0.05) is 44.7 Å². The first kappa shape index (κ1) is 21.6. The highest BCUT2D eigenvalue weighted by Gasteiger charge is 2.31. The third-order valence-electron chi connectivity index (χ3n) is 5.53. The van der Waals surface area contributed by atoms with Crippen LogP contribution >= 0.6 is 11.3 Å². The summed E-state index contributed by atoms with van der Waals surface area (Å²) in [4.78, 5) is 33.0. The zero-order chi connectivity index (χ0) is 22.0. The largest absolute Gasteiger partial charge is 0.416 e. The lowest BCUT2D eigenvalue weighted by Crippen LogP contribution is -2.45. The van der Waals surface area contributed by atoms with Crippen molar-refractivity contribution in [2.24, 2.45) is 0 Å². The molecule has 2 heterocycles. The lowest BCUT2D eigenvalue weighted by atomic mass is 10.2. The average Bonchev–Trinajstić information content (AvgIpc) is 3.40. The van der Waals surface area contributed by atoms with E-state index in [9.17, 15) is 22.8 Å². The summed E-state index contributed by atoms with van der Waals surface area (Å²) in [5.74, 6) is -0.163. The number of thiazole rings is 1. The Balaban J connectivity index is 1.56. The summed E-state index contributed by atoms with van der Waals surface area (Å²) < 4.78 is 39.7. The molecule has 31 heavy (non-hydrogen) atoms. The van der Waals surface area contributed by atoms with Crippen molar-refractivity contribution in [1.29, 1.82) is 0 Å². The molecule has 6 nitrogen and oxygen atoms in total. The molecule has 10 heteroatoms. The van der Waals surface area contributed by atoms with E-state index in [0.29, 0.717) is 48.1 Å². The van der Waals surface area contributed by atoms with Crippen molar-refractivity contribution < 1.29 is 22.8 Å². The van der Waals surface area contributed by atoms with E-state index >= 15 is 0 Å². The number of alkyl halides is 3. The molecular formula is C21H23F3N4O2S. The highest BCUT2D eigenvalue weighted by atomic mass is 32.1. The number of allylic oxidation sites excluding steroid dienone is 1. The minimum absolute atomic E-state index is 0.0371. The minimum atomic E-state index is -4.42. The molecule has 0 radical (unpaired) electrons. The smallest absolute Gasteiger partial charge is 0.354 e. The molecule has 1 aliphatic carbocycles. The van der Waals surface area contributed by atoms with Gasteiger partial charge >= 0.3 is 6.18 Å². The van der Waals surface area contributed by atoms with Gasteiger partial charge in [-0.05, 0) is 37.5 Å². The first-order chi connectivity index (χ1) is 14.8. The molecule has 0 atom stereocenters. The fourth-order valence-corrected chi connectivity index (χ4v) is 4.81. The second kappa shape index (κ2) is 8.86. The van der Waals surface area contributed by atoms with Crippen molar-refractivity contribution in [1.82, 2.24) is 15.2 Å². The monoisotopic (exact) mass is 452 g/mol. The summed E-state index contributed by atoms with van der Waals surface area (Å²) in [7, 11) is 0. The molecule has 0 spiro atoms. The number of aromatic nitrogens is 1. The fraction of sp³-hybridized carbons (Fsp3) is 0.476. The number of fused-ring (bicyclic) bond motifs is 1. The van der Waals surface area contributed by atoms with Gasteiger partial charge in [-0.2, -0.15) is 13.2 Å². The zero-order valence-electron chi connectivity index (χ0n) is 16.9. The quantitative estimate of drug-likeness (QED) is 0.757. The lowest BCUT2D eigenvalue weighted by molar-refractivity contribution is -0.137. The molecule has 0 saturated carbocycles. The van der Waals surface area contributed by atoms with E-state index in [0.717, 1.165) is 37.0 Å². The van der Waals surface area contributed by atoms with E-state index < -0.39 is 11.7 Å². The van der Waals surface area contributed by atoms with Crippen LogP contribution in [0, 0.1) is 0 Å². The number of carbonyl (C=O) groups is 2. The topological polar surface area (TPSA) is 65.5 Å². The van der Waals surface area contributed by atoms with Crippen LogP contribution in [-0.4, -0.2) is 54.4 Å². The Morgan fingerprint density at radius 2 is 1.97 bits per heavy atom. The van der Waals surface area contributed by atoms with Gasteiger partial charge in [0.15, 0.2) is 5.13 Å². The number of carbonyl (C=O) groups excluding carboxylic acids is 2. The maximum atomic E-state index is 13.0. The van der Waals surface area contributed by atoms with Crippen molar-refractivity contribution in [3.8, 4) is 0 Å². The van der Waals surface area contributed by atoms with Crippen LogP contribution in [0.1, 0.15) is 31.2 Å². The molecule has 2 amide bonds. The Morgan fingerprint density at radius 3 is 2.71 bits per heavy atom. The number of hydrogen-bond donors (Lipinski definition) is 1. The molecule has 0 unspecified atom stereocenters. The predicted molar refractivity (Wildman–Crippen MR) is 113 cm³/mol. The van der Waals surface area contributed by atoms with Gasteiger partial charge < -0.3 is 15.1 Å². The van der Waals surface area contributed by atoms with Crippen LogP contribution in [0.5, 0.6) is 0 Å². The van der Waals surface area contributed by atoms with Crippen LogP contribution in [0.15, 0.2) is 29.8 Å². The Labute approximate surface area is 181 Å². The normalized spacial score (nSPS) is 18.8. The molecule has 2 aromatic rings.